The molecule has 1 rings (SSSR count). The molecule has 0 fully saturated rings. The van der Waals surface area contributed by atoms with Gasteiger partial charge in [-0.05, 0) is 50.4 Å². The van der Waals surface area contributed by atoms with Crippen molar-refractivity contribution in [2.45, 2.75) is 33.2 Å². The van der Waals surface area contributed by atoms with Crippen LogP contribution in [-0.4, -0.2) is 39.4 Å². The van der Waals surface area contributed by atoms with E-state index in [0.29, 0.717) is 6.04 Å². The van der Waals surface area contributed by atoms with Gasteiger partial charge in [0.05, 0.1) is 6.61 Å². The molecule has 0 aliphatic heterocycles. The fraction of sp³-hybridized carbons (Fsp3) is 0.625. The van der Waals surface area contributed by atoms with Crippen LogP contribution in [0.2, 0.25) is 0 Å². The summed E-state index contributed by atoms with van der Waals surface area (Å²) >= 11 is 0. The van der Waals surface area contributed by atoms with Gasteiger partial charge in [-0.25, -0.2) is 0 Å². The molecule has 0 bridgehead atoms. The van der Waals surface area contributed by atoms with E-state index in [1.807, 2.05) is 0 Å². The normalized spacial score (nSPS) is 12.6. The standard InChI is InChI=1S/C16H28N2O/c1-13-5-6-16(11-14(13)2)7-8-18-15(3)12-17-9-10-19-4/h5-6,11,15,17-18H,7-10,12H2,1-4H3. The molecule has 0 saturated heterocycles. The third-order valence-corrected chi connectivity index (χ3v) is 3.41. The minimum absolute atomic E-state index is 0.489. The van der Waals surface area contributed by atoms with Gasteiger partial charge in [0, 0.05) is 26.2 Å². The highest BCUT2D eigenvalue weighted by Crippen LogP contribution is 2.09. The van der Waals surface area contributed by atoms with Crippen molar-refractivity contribution in [3.8, 4) is 0 Å². The Morgan fingerprint density at radius 3 is 2.63 bits per heavy atom. The zero-order chi connectivity index (χ0) is 14.1. The summed E-state index contributed by atoms with van der Waals surface area (Å²) in [6, 6.07) is 7.22. The molecule has 1 unspecified atom stereocenters. The first kappa shape index (κ1) is 16.2. The van der Waals surface area contributed by atoms with Crippen molar-refractivity contribution < 1.29 is 4.74 Å². The maximum absolute atomic E-state index is 5.00. The minimum Gasteiger partial charge on any atom is -0.383 e. The van der Waals surface area contributed by atoms with E-state index < -0.39 is 0 Å². The van der Waals surface area contributed by atoms with E-state index in [2.05, 4.69) is 49.6 Å². The van der Waals surface area contributed by atoms with Gasteiger partial charge in [-0.3, -0.25) is 0 Å². The van der Waals surface area contributed by atoms with Gasteiger partial charge in [0.1, 0.15) is 0 Å². The largest absolute Gasteiger partial charge is 0.383 e. The second-order valence-corrected chi connectivity index (χ2v) is 5.22. The van der Waals surface area contributed by atoms with Gasteiger partial charge < -0.3 is 15.4 Å². The maximum Gasteiger partial charge on any atom is 0.0587 e. The summed E-state index contributed by atoms with van der Waals surface area (Å²) < 4.78 is 5.00. The molecule has 0 radical (unpaired) electrons. The molecule has 3 nitrogen and oxygen atoms in total. The van der Waals surface area contributed by atoms with Crippen molar-refractivity contribution in [3.63, 3.8) is 0 Å². The predicted octanol–water partition coefficient (Wildman–Crippen LogP) is 2.06. The van der Waals surface area contributed by atoms with Gasteiger partial charge in [0.25, 0.3) is 0 Å². The summed E-state index contributed by atoms with van der Waals surface area (Å²) in [5.74, 6) is 0. The minimum atomic E-state index is 0.489. The van der Waals surface area contributed by atoms with Crippen molar-refractivity contribution in [2.75, 3.05) is 33.4 Å². The second-order valence-electron chi connectivity index (χ2n) is 5.22. The van der Waals surface area contributed by atoms with Crippen molar-refractivity contribution in [3.05, 3.63) is 34.9 Å². The monoisotopic (exact) mass is 264 g/mol. The SMILES string of the molecule is COCCNCC(C)NCCc1ccc(C)c(C)c1. The lowest BCUT2D eigenvalue weighted by Crippen LogP contribution is -2.38. The summed E-state index contributed by atoms with van der Waals surface area (Å²) in [4.78, 5) is 0. The van der Waals surface area contributed by atoms with Crippen molar-refractivity contribution >= 4 is 0 Å². The fourth-order valence-electron chi connectivity index (χ4n) is 1.99. The van der Waals surface area contributed by atoms with Gasteiger partial charge in [0.15, 0.2) is 0 Å². The Labute approximate surface area is 117 Å². The summed E-state index contributed by atoms with van der Waals surface area (Å²) in [6.07, 6.45) is 1.09. The van der Waals surface area contributed by atoms with E-state index in [1.54, 1.807) is 7.11 Å². The van der Waals surface area contributed by atoms with Crippen LogP contribution < -0.4 is 10.6 Å². The number of aryl methyl sites for hydroxylation is 2. The van der Waals surface area contributed by atoms with Gasteiger partial charge in [-0.15, -0.1) is 0 Å². The van der Waals surface area contributed by atoms with Crippen LogP contribution >= 0.6 is 0 Å². The van der Waals surface area contributed by atoms with Gasteiger partial charge in [-0.2, -0.15) is 0 Å². The van der Waals surface area contributed by atoms with E-state index in [0.717, 1.165) is 32.7 Å². The molecule has 0 heterocycles. The first-order valence-corrected chi connectivity index (χ1v) is 7.12. The van der Waals surface area contributed by atoms with Crippen LogP contribution in [0.4, 0.5) is 0 Å². The lowest BCUT2D eigenvalue weighted by molar-refractivity contribution is 0.198. The fourth-order valence-corrected chi connectivity index (χ4v) is 1.99. The first-order valence-electron chi connectivity index (χ1n) is 7.12. The summed E-state index contributed by atoms with van der Waals surface area (Å²) in [5.41, 5.74) is 4.16. The number of rotatable bonds is 9. The zero-order valence-corrected chi connectivity index (χ0v) is 12.8. The maximum atomic E-state index is 5.00. The summed E-state index contributed by atoms with van der Waals surface area (Å²) in [6.45, 7) is 10.2. The molecule has 0 aromatic heterocycles. The molecule has 2 N–H and O–H groups in total. The molecule has 1 atom stereocenters. The Kier molecular flexibility index (Phi) is 7.72. The molecule has 0 spiro atoms. The molecule has 0 aliphatic carbocycles. The van der Waals surface area contributed by atoms with Crippen LogP contribution in [0.15, 0.2) is 18.2 Å². The summed E-state index contributed by atoms with van der Waals surface area (Å²) in [7, 11) is 1.73. The molecule has 1 aromatic rings. The average Bonchev–Trinajstić information content (AvgIpc) is 2.39. The molecule has 0 amide bonds. The molecule has 0 aliphatic rings. The van der Waals surface area contributed by atoms with E-state index >= 15 is 0 Å². The highest BCUT2D eigenvalue weighted by Gasteiger charge is 2.01. The van der Waals surface area contributed by atoms with Crippen LogP contribution in [-0.2, 0) is 11.2 Å². The first-order chi connectivity index (χ1) is 9.13. The van der Waals surface area contributed by atoms with Gasteiger partial charge in [0.2, 0.25) is 0 Å². The topological polar surface area (TPSA) is 33.3 Å². The molecule has 108 valence electrons. The van der Waals surface area contributed by atoms with Crippen molar-refractivity contribution in [1.82, 2.24) is 10.6 Å². The summed E-state index contributed by atoms with van der Waals surface area (Å²) in [5, 5.41) is 6.90. The lowest BCUT2D eigenvalue weighted by Gasteiger charge is -2.15. The van der Waals surface area contributed by atoms with Crippen LogP contribution in [0.3, 0.4) is 0 Å². The smallest absolute Gasteiger partial charge is 0.0587 e. The van der Waals surface area contributed by atoms with Crippen LogP contribution in [0.5, 0.6) is 0 Å². The van der Waals surface area contributed by atoms with Crippen LogP contribution in [0.25, 0.3) is 0 Å². The lowest BCUT2D eigenvalue weighted by atomic mass is 10.0. The third kappa shape index (κ3) is 6.71. The van der Waals surface area contributed by atoms with Crippen LogP contribution in [0.1, 0.15) is 23.6 Å². The Morgan fingerprint density at radius 1 is 1.16 bits per heavy atom. The number of methoxy groups -OCH3 is 1. The molecule has 0 saturated carbocycles. The molecule has 3 heteroatoms. The number of ether oxygens (including phenoxy) is 1. The number of benzene rings is 1. The number of hydrogen-bond acceptors (Lipinski definition) is 3. The number of nitrogens with one attached hydrogen (secondary N) is 2. The van der Waals surface area contributed by atoms with E-state index in [-0.39, 0.29) is 0 Å². The Balaban J connectivity index is 2.17. The second kappa shape index (κ2) is 9.08. The van der Waals surface area contributed by atoms with E-state index in [4.69, 9.17) is 4.74 Å². The van der Waals surface area contributed by atoms with E-state index in [1.165, 1.54) is 16.7 Å². The van der Waals surface area contributed by atoms with E-state index in [9.17, 15) is 0 Å². The molecular weight excluding hydrogens is 236 g/mol. The molecule has 19 heavy (non-hydrogen) atoms. The van der Waals surface area contributed by atoms with Gasteiger partial charge in [-0.1, -0.05) is 18.2 Å². The third-order valence-electron chi connectivity index (χ3n) is 3.41. The highest BCUT2D eigenvalue weighted by molar-refractivity contribution is 5.30. The average molecular weight is 264 g/mol. The zero-order valence-electron chi connectivity index (χ0n) is 12.8. The molecule has 1 aromatic carbocycles. The Morgan fingerprint density at radius 2 is 1.95 bits per heavy atom. The molecular formula is C16H28N2O. The Hall–Kier alpha value is -0.900. The van der Waals surface area contributed by atoms with Crippen molar-refractivity contribution in [2.24, 2.45) is 0 Å². The highest BCUT2D eigenvalue weighted by atomic mass is 16.5. The van der Waals surface area contributed by atoms with Crippen molar-refractivity contribution in [1.29, 1.82) is 0 Å². The van der Waals surface area contributed by atoms with Gasteiger partial charge >= 0.3 is 0 Å². The Bertz CT molecular complexity index is 366. The predicted molar refractivity (Wildman–Crippen MR) is 81.8 cm³/mol. The quantitative estimate of drug-likeness (QED) is 0.670. The number of hydrogen-bond donors (Lipinski definition) is 2. The van der Waals surface area contributed by atoms with Crippen LogP contribution in [0, 0.1) is 13.8 Å².